The standard InChI is InChI=1S/C11H20O4/c1-9(10(12)13)11(2,3)5-6-15-8-7-14-4/h1,5-8H2,2-4H3,(H,12,13). The molecule has 0 spiro atoms. The molecule has 0 unspecified atom stereocenters. The third-order valence-corrected chi connectivity index (χ3v) is 2.38. The summed E-state index contributed by atoms with van der Waals surface area (Å²) in [4.78, 5) is 10.7. The van der Waals surface area contributed by atoms with E-state index < -0.39 is 11.4 Å². The normalized spacial score (nSPS) is 11.4. The molecule has 1 N–H and O–H groups in total. The van der Waals surface area contributed by atoms with E-state index in [0.717, 1.165) is 0 Å². The zero-order valence-corrected chi connectivity index (χ0v) is 9.71. The Morgan fingerprint density at radius 1 is 1.33 bits per heavy atom. The first-order valence-electron chi connectivity index (χ1n) is 4.91. The van der Waals surface area contributed by atoms with Gasteiger partial charge < -0.3 is 14.6 Å². The van der Waals surface area contributed by atoms with Gasteiger partial charge in [-0.3, -0.25) is 0 Å². The van der Waals surface area contributed by atoms with E-state index in [1.54, 1.807) is 7.11 Å². The van der Waals surface area contributed by atoms with Crippen LogP contribution in [0.1, 0.15) is 20.3 Å². The zero-order chi connectivity index (χ0) is 11.9. The lowest BCUT2D eigenvalue weighted by Crippen LogP contribution is -2.22. The van der Waals surface area contributed by atoms with Crippen LogP contribution in [0.15, 0.2) is 12.2 Å². The molecule has 0 saturated carbocycles. The van der Waals surface area contributed by atoms with Gasteiger partial charge in [-0.2, -0.15) is 0 Å². The number of carbonyl (C=O) groups is 1. The maximum absolute atomic E-state index is 10.7. The minimum absolute atomic E-state index is 0.220. The molecule has 0 bridgehead atoms. The van der Waals surface area contributed by atoms with Gasteiger partial charge in [-0.05, 0) is 11.8 Å². The monoisotopic (exact) mass is 216 g/mol. The molecule has 0 heterocycles. The molecule has 0 aromatic rings. The molecule has 0 atom stereocenters. The van der Waals surface area contributed by atoms with Crippen LogP contribution in [0.3, 0.4) is 0 Å². The number of hydrogen-bond acceptors (Lipinski definition) is 3. The molecular formula is C11H20O4. The van der Waals surface area contributed by atoms with Crippen molar-refractivity contribution in [3.63, 3.8) is 0 Å². The van der Waals surface area contributed by atoms with Crippen molar-refractivity contribution in [2.75, 3.05) is 26.9 Å². The van der Waals surface area contributed by atoms with Gasteiger partial charge in [-0.25, -0.2) is 4.79 Å². The van der Waals surface area contributed by atoms with Crippen molar-refractivity contribution in [2.45, 2.75) is 20.3 Å². The lowest BCUT2D eigenvalue weighted by atomic mass is 9.82. The van der Waals surface area contributed by atoms with Gasteiger partial charge >= 0.3 is 5.97 Å². The zero-order valence-electron chi connectivity index (χ0n) is 9.71. The van der Waals surface area contributed by atoms with Crippen molar-refractivity contribution < 1.29 is 19.4 Å². The number of hydrogen-bond donors (Lipinski definition) is 1. The summed E-state index contributed by atoms with van der Waals surface area (Å²) in [6, 6.07) is 0. The van der Waals surface area contributed by atoms with Crippen LogP contribution in [0.2, 0.25) is 0 Å². The molecule has 0 amide bonds. The Bertz CT molecular complexity index is 221. The maximum Gasteiger partial charge on any atom is 0.331 e. The first-order chi connectivity index (χ1) is 6.91. The Morgan fingerprint density at radius 3 is 2.40 bits per heavy atom. The summed E-state index contributed by atoms with van der Waals surface area (Å²) >= 11 is 0. The fraction of sp³-hybridized carbons (Fsp3) is 0.727. The minimum Gasteiger partial charge on any atom is -0.478 e. The van der Waals surface area contributed by atoms with E-state index in [1.165, 1.54) is 0 Å². The van der Waals surface area contributed by atoms with E-state index in [9.17, 15) is 4.79 Å². The van der Waals surface area contributed by atoms with Gasteiger partial charge in [0.15, 0.2) is 0 Å². The van der Waals surface area contributed by atoms with Crippen LogP contribution in [0, 0.1) is 5.41 Å². The highest BCUT2D eigenvalue weighted by atomic mass is 16.5. The van der Waals surface area contributed by atoms with Gasteiger partial charge in [0, 0.05) is 19.3 Å². The first-order valence-corrected chi connectivity index (χ1v) is 4.91. The van der Waals surface area contributed by atoms with Gasteiger partial charge in [-0.1, -0.05) is 20.4 Å². The molecule has 4 heteroatoms. The first kappa shape index (κ1) is 14.1. The van der Waals surface area contributed by atoms with Crippen LogP contribution in [-0.2, 0) is 14.3 Å². The third-order valence-electron chi connectivity index (χ3n) is 2.38. The van der Waals surface area contributed by atoms with E-state index in [0.29, 0.717) is 26.2 Å². The number of methoxy groups -OCH3 is 1. The second-order valence-electron chi connectivity index (χ2n) is 4.02. The van der Waals surface area contributed by atoms with Gasteiger partial charge in [-0.15, -0.1) is 0 Å². The molecular weight excluding hydrogens is 196 g/mol. The molecule has 0 rings (SSSR count). The molecule has 0 aliphatic heterocycles. The Morgan fingerprint density at radius 2 is 1.93 bits per heavy atom. The van der Waals surface area contributed by atoms with Crippen LogP contribution in [0.25, 0.3) is 0 Å². The topological polar surface area (TPSA) is 55.8 Å². The second kappa shape index (κ2) is 6.58. The fourth-order valence-corrected chi connectivity index (χ4v) is 1.01. The highest BCUT2D eigenvalue weighted by molar-refractivity contribution is 5.87. The minimum atomic E-state index is -0.947. The van der Waals surface area contributed by atoms with Crippen LogP contribution in [0.5, 0.6) is 0 Å². The van der Waals surface area contributed by atoms with Crippen molar-refractivity contribution in [1.82, 2.24) is 0 Å². The molecule has 4 nitrogen and oxygen atoms in total. The summed E-state index contributed by atoms with van der Waals surface area (Å²) in [5, 5.41) is 8.80. The summed E-state index contributed by atoms with van der Waals surface area (Å²) in [6.07, 6.45) is 0.641. The highest BCUT2D eigenvalue weighted by Gasteiger charge is 2.26. The number of aliphatic carboxylic acids is 1. The van der Waals surface area contributed by atoms with Gasteiger partial charge in [0.2, 0.25) is 0 Å². The predicted octanol–water partition coefficient (Wildman–Crippen LogP) is 1.71. The molecule has 0 radical (unpaired) electrons. The summed E-state index contributed by atoms with van der Waals surface area (Å²) in [7, 11) is 1.61. The smallest absolute Gasteiger partial charge is 0.331 e. The van der Waals surface area contributed by atoms with E-state index in [2.05, 4.69) is 6.58 Å². The van der Waals surface area contributed by atoms with Crippen LogP contribution >= 0.6 is 0 Å². The molecule has 15 heavy (non-hydrogen) atoms. The lowest BCUT2D eigenvalue weighted by molar-refractivity contribution is -0.133. The number of ether oxygens (including phenoxy) is 2. The summed E-state index contributed by atoms with van der Waals surface area (Å²) in [5.74, 6) is -0.947. The second-order valence-corrected chi connectivity index (χ2v) is 4.02. The van der Waals surface area contributed by atoms with Gasteiger partial charge in [0.05, 0.1) is 13.2 Å². The quantitative estimate of drug-likeness (QED) is 0.495. The average molecular weight is 216 g/mol. The predicted molar refractivity (Wildman–Crippen MR) is 57.9 cm³/mol. The van der Waals surface area contributed by atoms with E-state index in [4.69, 9.17) is 14.6 Å². The molecule has 0 saturated heterocycles. The molecule has 88 valence electrons. The highest BCUT2D eigenvalue weighted by Crippen LogP contribution is 2.28. The van der Waals surface area contributed by atoms with Gasteiger partial charge in [0.25, 0.3) is 0 Å². The summed E-state index contributed by atoms with van der Waals surface area (Å²) in [5.41, 5.74) is -0.211. The van der Waals surface area contributed by atoms with E-state index in [-0.39, 0.29) is 5.57 Å². The Balaban J connectivity index is 3.84. The van der Waals surface area contributed by atoms with Crippen LogP contribution < -0.4 is 0 Å². The Labute approximate surface area is 90.9 Å². The van der Waals surface area contributed by atoms with Crippen molar-refractivity contribution in [1.29, 1.82) is 0 Å². The summed E-state index contributed by atoms with van der Waals surface area (Å²) < 4.78 is 10.1. The van der Waals surface area contributed by atoms with Gasteiger partial charge in [0.1, 0.15) is 0 Å². The van der Waals surface area contributed by atoms with Crippen LogP contribution in [-0.4, -0.2) is 38.0 Å². The van der Waals surface area contributed by atoms with Crippen LogP contribution in [0.4, 0.5) is 0 Å². The van der Waals surface area contributed by atoms with Crippen molar-refractivity contribution >= 4 is 5.97 Å². The van der Waals surface area contributed by atoms with Crippen molar-refractivity contribution in [3.8, 4) is 0 Å². The SMILES string of the molecule is C=C(C(=O)O)C(C)(C)CCOCCOC. The lowest BCUT2D eigenvalue weighted by Gasteiger charge is -2.24. The molecule has 0 aliphatic rings. The number of rotatable bonds is 8. The van der Waals surface area contributed by atoms with Crippen molar-refractivity contribution in [3.05, 3.63) is 12.2 Å². The molecule has 0 aromatic carbocycles. The number of carboxylic acid groups (broad SMARTS) is 1. The Hall–Kier alpha value is -0.870. The molecule has 0 aromatic heterocycles. The van der Waals surface area contributed by atoms with Crippen molar-refractivity contribution in [2.24, 2.45) is 5.41 Å². The fourth-order valence-electron chi connectivity index (χ4n) is 1.01. The molecule has 0 fully saturated rings. The van der Waals surface area contributed by atoms with E-state index >= 15 is 0 Å². The van der Waals surface area contributed by atoms with E-state index in [1.807, 2.05) is 13.8 Å². The number of carboxylic acids is 1. The Kier molecular flexibility index (Phi) is 6.20. The maximum atomic E-state index is 10.7. The largest absolute Gasteiger partial charge is 0.478 e. The average Bonchev–Trinajstić information content (AvgIpc) is 2.16. The third kappa shape index (κ3) is 5.54. The summed E-state index contributed by atoms with van der Waals surface area (Å²) in [6.45, 7) is 8.87. The molecule has 0 aliphatic carbocycles.